The number of carbonyl (C=O) groups excluding carboxylic acids is 1. The number of nitrogens with one attached hydrogen (secondary N) is 2. The van der Waals surface area contributed by atoms with Crippen LogP contribution in [0.25, 0.3) is 0 Å². The van der Waals surface area contributed by atoms with Crippen molar-refractivity contribution in [3.8, 4) is 0 Å². The minimum atomic E-state index is -0.350. The summed E-state index contributed by atoms with van der Waals surface area (Å²) >= 11 is 0. The smallest absolute Gasteiger partial charge is 0.274 e. The molecule has 0 aliphatic carbocycles. The number of nitrogens with zero attached hydrogens (tertiary/aromatic N) is 2. The number of anilines is 4. The van der Waals surface area contributed by atoms with Gasteiger partial charge >= 0.3 is 0 Å². The number of pyridine rings is 1. The molecule has 2 aromatic carbocycles. The second kappa shape index (κ2) is 8.99. The zero-order valence-corrected chi connectivity index (χ0v) is 15.9. The van der Waals surface area contributed by atoms with Crippen LogP contribution in [-0.4, -0.2) is 24.0 Å². The first-order chi connectivity index (χ1) is 13.6. The van der Waals surface area contributed by atoms with Crippen LogP contribution in [0.15, 0.2) is 66.9 Å². The van der Waals surface area contributed by atoms with E-state index >= 15 is 0 Å². The lowest BCUT2D eigenvalue weighted by molar-refractivity contribution is 0.102. The summed E-state index contributed by atoms with van der Waals surface area (Å²) in [4.78, 5) is 18.7. The van der Waals surface area contributed by atoms with E-state index in [4.69, 9.17) is 0 Å². The van der Waals surface area contributed by atoms with E-state index in [9.17, 15) is 9.18 Å². The Balaban J connectivity index is 1.62. The van der Waals surface area contributed by atoms with Crippen molar-refractivity contribution in [2.24, 2.45) is 0 Å². The van der Waals surface area contributed by atoms with Gasteiger partial charge in [0, 0.05) is 30.2 Å². The van der Waals surface area contributed by atoms with Gasteiger partial charge in [0.1, 0.15) is 11.5 Å². The van der Waals surface area contributed by atoms with E-state index in [1.807, 2.05) is 12.1 Å². The maximum atomic E-state index is 12.9. The van der Waals surface area contributed by atoms with Crippen LogP contribution in [0, 0.1) is 5.82 Å². The normalized spacial score (nSPS) is 10.4. The highest BCUT2D eigenvalue weighted by Crippen LogP contribution is 2.21. The zero-order valence-electron chi connectivity index (χ0n) is 15.9. The first kappa shape index (κ1) is 19.4. The summed E-state index contributed by atoms with van der Waals surface area (Å²) in [5, 5.41) is 5.96. The van der Waals surface area contributed by atoms with Crippen molar-refractivity contribution in [3.63, 3.8) is 0 Å². The van der Waals surface area contributed by atoms with Crippen LogP contribution in [0.4, 0.5) is 27.1 Å². The van der Waals surface area contributed by atoms with E-state index in [0.717, 1.165) is 24.5 Å². The largest absolute Gasteiger partial charge is 0.372 e. The van der Waals surface area contributed by atoms with Gasteiger partial charge in [-0.2, -0.15) is 0 Å². The Morgan fingerprint density at radius 3 is 2.07 bits per heavy atom. The van der Waals surface area contributed by atoms with Crippen LogP contribution in [0.3, 0.4) is 0 Å². The molecule has 0 bridgehead atoms. The maximum absolute atomic E-state index is 12.9. The number of hydrogen-bond donors (Lipinski definition) is 2. The summed E-state index contributed by atoms with van der Waals surface area (Å²) < 4.78 is 12.9. The van der Waals surface area contributed by atoms with Crippen LogP contribution in [0.2, 0.25) is 0 Å². The Hall–Kier alpha value is -3.41. The number of carbonyl (C=O) groups is 1. The van der Waals surface area contributed by atoms with Crippen molar-refractivity contribution < 1.29 is 9.18 Å². The van der Waals surface area contributed by atoms with Gasteiger partial charge in [-0.3, -0.25) is 4.79 Å². The average Bonchev–Trinajstić information content (AvgIpc) is 2.72. The van der Waals surface area contributed by atoms with E-state index in [1.165, 1.54) is 30.0 Å². The van der Waals surface area contributed by atoms with Crippen molar-refractivity contribution in [3.05, 3.63) is 78.4 Å². The topological polar surface area (TPSA) is 57.3 Å². The standard InChI is InChI=1S/C22H23FN4O/c1-3-27(4-2)20-12-9-17(10-13-20)25-19-11-14-21(24-15-19)22(28)26-18-7-5-16(23)6-8-18/h5-15,25H,3-4H2,1-2H3,(H,26,28). The summed E-state index contributed by atoms with van der Waals surface area (Å²) in [6, 6.07) is 17.2. The Morgan fingerprint density at radius 1 is 0.893 bits per heavy atom. The second-order valence-electron chi connectivity index (χ2n) is 6.24. The number of halogens is 1. The first-order valence-corrected chi connectivity index (χ1v) is 9.24. The molecule has 5 nitrogen and oxygen atoms in total. The third kappa shape index (κ3) is 4.85. The van der Waals surface area contributed by atoms with Crippen molar-refractivity contribution in [1.29, 1.82) is 0 Å². The fourth-order valence-electron chi connectivity index (χ4n) is 2.84. The molecular weight excluding hydrogens is 355 g/mol. The fourth-order valence-corrected chi connectivity index (χ4v) is 2.84. The molecule has 1 amide bonds. The van der Waals surface area contributed by atoms with Crippen molar-refractivity contribution in [2.45, 2.75) is 13.8 Å². The summed E-state index contributed by atoms with van der Waals surface area (Å²) in [6.07, 6.45) is 1.61. The monoisotopic (exact) mass is 378 g/mol. The minimum Gasteiger partial charge on any atom is -0.372 e. The molecule has 2 N–H and O–H groups in total. The fraction of sp³-hybridized carbons (Fsp3) is 0.182. The highest BCUT2D eigenvalue weighted by molar-refractivity contribution is 6.02. The van der Waals surface area contributed by atoms with Crippen molar-refractivity contribution in [2.75, 3.05) is 28.6 Å². The molecule has 0 atom stereocenters. The molecule has 6 heteroatoms. The molecule has 0 aliphatic rings. The summed E-state index contributed by atoms with van der Waals surface area (Å²) in [5.41, 5.74) is 3.71. The van der Waals surface area contributed by atoms with Gasteiger partial charge in [0.05, 0.1) is 11.9 Å². The quantitative estimate of drug-likeness (QED) is 0.603. The lowest BCUT2D eigenvalue weighted by Gasteiger charge is -2.21. The summed E-state index contributed by atoms with van der Waals surface area (Å²) in [5.74, 6) is -0.696. The van der Waals surface area contributed by atoms with Crippen LogP contribution >= 0.6 is 0 Å². The molecule has 28 heavy (non-hydrogen) atoms. The average molecular weight is 378 g/mol. The van der Waals surface area contributed by atoms with Crippen LogP contribution in [0.5, 0.6) is 0 Å². The van der Waals surface area contributed by atoms with Crippen molar-refractivity contribution in [1.82, 2.24) is 4.98 Å². The van der Waals surface area contributed by atoms with Gasteiger partial charge in [0.15, 0.2) is 0 Å². The molecule has 3 aromatic rings. The lowest BCUT2D eigenvalue weighted by Crippen LogP contribution is -2.21. The third-order valence-electron chi connectivity index (χ3n) is 4.38. The molecule has 1 heterocycles. The molecule has 0 saturated heterocycles. The predicted molar refractivity (Wildman–Crippen MR) is 112 cm³/mol. The predicted octanol–water partition coefficient (Wildman–Crippen LogP) is 5.06. The Morgan fingerprint density at radius 2 is 1.50 bits per heavy atom. The van der Waals surface area contributed by atoms with E-state index in [1.54, 1.807) is 18.3 Å². The number of amides is 1. The highest BCUT2D eigenvalue weighted by atomic mass is 19.1. The Bertz CT molecular complexity index is 905. The number of aromatic nitrogens is 1. The molecule has 0 radical (unpaired) electrons. The second-order valence-corrected chi connectivity index (χ2v) is 6.24. The molecule has 1 aromatic heterocycles. The molecule has 0 unspecified atom stereocenters. The Labute approximate surface area is 164 Å². The molecular formula is C22H23FN4O. The van der Waals surface area contributed by atoms with E-state index in [2.05, 4.69) is 46.5 Å². The number of rotatable bonds is 7. The van der Waals surface area contributed by atoms with Gasteiger partial charge in [-0.15, -0.1) is 0 Å². The summed E-state index contributed by atoms with van der Waals surface area (Å²) in [7, 11) is 0. The van der Waals surface area contributed by atoms with Crippen molar-refractivity contribution >= 4 is 28.7 Å². The summed E-state index contributed by atoms with van der Waals surface area (Å²) in [6.45, 7) is 6.20. The van der Waals surface area contributed by atoms with E-state index in [0.29, 0.717) is 5.69 Å². The number of benzene rings is 2. The number of hydrogen-bond acceptors (Lipinski definition) is 4. The van der Waals surface area contributed by atoms with Gasteiger partial charge in [-0.1, -0.05) is 0 Å². The zero-order chi connectivity index (χ0) is 19.9. The molecule has 0 spiro atoms. The molecule has 0 aliphatic heterocycles. The van der Waals surface area contributed by atoms with Gasteiger partial charge in [0.2, 0.25) is 0 Å². The minimum absolute atomic E-state index is 0.284. The first-order valence-electron chi connectivity index (χ1n) is 9.24. The van der Waals surface area contributed by atoms with E-state index < -0.39 is 0 Å². The van der Waals surface area contributed by atoms with Gasteiger partial charge in [-0.05, 0) is 74.5 Å². The molecule has 0 fully saturated rings. The van der Waals surface area contributed by atoms with Crippen LogP contribution in [-0.2, 0) is 0 Å². The maximum Gasteiger partial charge on any atom is 0.274 e. The molecule has 144 valence electrons. The lowest BCUT2D eigenvalue weighted by atomic mass is 10.2. The SMILES string of the molecule is CCN(CC)c1ccc(Nc2ccc(C(=O)Nc3ccc(F)cc3)nc2)cc1. The van der Waals surface area contributed by atoms with Crippen LogP contribution in [0.1, 0.15) is 24.3 Å². The third-order valence-corrected chi connectivity index (χ3v) is 4.38. The molecule has 3 rings (SSSR count). The Kier molecular flexibility index (Phi) is 6.22. The van der Waals surface area contributed by atoms with Gasteiger partial charge in [-0.25, -0.2) is 9.37 Å². The van der Waals surface area contributed by atoms with Crippen LogP contribution < -0.4 is 15.5 Å². The van der Waals surface area contributed by atoms with E-state index in [-0.39, 0.29) is 17.4 Å². The molecule has 0 saturated carbocycles. The highest BCUT2D eigenvalue weighted by Gasteiger charge is 2.08. The van der Waals surface area contributed by atoms with Gasteiger partial charge in [0.25, 0.3) is 5.91 Å². The van der Waals surface area contributed by atoms with Gasteiger partial charge < -0.3 is 15.5 Å².